The Morgan fingerprint density at radius 1 is 1.12 bits per heavy atom. The molecular weight excluding hydrogens is 584 g/mol. The second-order valence-corrected chi connectivity index (χ2v) is 11.9. The summed E-state index contributed by atoms with van der Waals surface area (Å²) < 4.78 is 38.5. The van der Waals surface area contributed by atoms with Crippen molar-refractivity contribution in [3.63, 3.8) is 0 Å². The Morgan fingerprint density at radius 3 is 2.43 bits per heavy atom. The predicted molar refractivity (Wildman–Crippen MR) is 162 cm³/mol. The Balaban J connectivity index is 0.00000616. The fraction of sp³-hybridized carbons (Fsp3) is 0.483. The number of carbonyl (C=O) groups excluding carboxylic acids is 1. The maximum Gasteiger partial charge on any atom is 0.318 e. The average Bonchev–Trinajstić information content (AvgIpc) is 2.96. The lowest BCUT2D eigenvalue weighted by molar-refractivity contribution is -0.137. The van der Waals surface area contributed by atoms with Gasteiger partial charge >= 0.3 is 11.9 Å². The average molecular weight is 625 g/mol. The molecule has 1 heterocycles. The van der Waals surface area contributed by atoms with Crippen LogP contribution >= 0.6 is 12.4 Å². The first-order chi connectivity index (χ1) is 19.6. The number of hydrogen-bond donors (Lipinski definition) is 3. The number of carboxylic acids is 1. The summed E-state index contributed by atoms with van der Waals surface area (Å²) in [6.45, 7) is 4.07. The zero-order chi connectivity index (χ0) is 29.8. The van der Waals surface area contributed by atoms with Crippen LogP contribution in [0, 0.1) is 5.41 Å². The quantitative estimate of drug-likeness (QED) is 0.145. The van der Waals surface area contributed by atoms with Crippen LogP contribution in [0.5, 0.6) is 5.75 Å². The predicted octanol–water partition coefficient (Wildman–Crippen LogP) is 3.07. The first-order valence-electron chi connectivity index (χ1n) is 13.9. The summed E-state index contributed by atoms with van der Waals surface area (Å²) in [6.07, 6.45) is 3.04. The number of carbonyl (C=O) groups is 2. The smallest absolute Gasteiger partial charge is 0.318 e. The third-order valence-electron chi connectivity index (χ3n) is 6.84. The highest BCUT2D eigenvalue weighted by Crippen LogP contribution is 2.25. The fourth-order valence-electron chi connectivity index (χ4n) is 4.51. The molecule has 0 bridgehead atoms. The highest BCUT2D eigenvalue weighted by Gasteiger charge is 2.28. The van der Waals surface area contributed by atoms with E-state index in [1.54, 1.807) is 0 Å². The van der Waals surface area contributed by atoms with E-state index in [0.717, 1.165) is 28.3 Å². The number of hydrogen-bond acceptors (Lipinski definition) is 9. The Hall–Kier alpha value is -2.87. The summed E-state index contributed by atoms with van der Waals surface area (Å²) in [4.78, 5) is 25.9. The molecule has 42 heavy (non-hydrogen) atoms. The minimum Gasteiger partial charge on any atom is -0.480 e. The topological polar surface area (TPSA) is 163 Å². The Bertz CT molecular complexity index is 1300. The van der Waals surface area contributed by atoms with Crippen LogP contribution in [0.1, 0.15) is 49.3 Å². The maximum absolute atomic E-state index is 13.4. The third kappa shape index (κ3) is 10.4. The van der Waals surface area contributed by atoms with E-state index in [2.05, 4.69) is 0 Å². The van der Waals surface area contributed by atoms with Gasteiger partial charge in [-0.1, -0.05) is 37.6 Å². The number of nitrogens with two attached hydrogens (primary N) is 1. The zero-order valence-electron chi connectivity index (χ0n) is 23.9. The van der Waals surface area contributed by atoms with Crippen LogP contribution in [-0.2, 0) is 37.3 Å². The van der Waals surface area contributed by atoms with Gasteiger partial charge in [-0.15, -0.1) is 12.4 Å². The summed E-state index contributed by atoms with van der Waals surface area (Å²) in [6, 6.07) is 11.8. The number of carboxylic acid groups (broad SMARTS) is 1. The van der Waals surface area contributed by atoms with Crippen molar-refractivity contribution < 1.29 is 32.6 Å². The van der Waals surface area contributed by atoms with Crippen LogP contribution < -0.4 is 10.5 Å². The number of aryl methyl sites for hydroxylation is 1. The van der Waals surface area contributed by atoms with Crippen molar-refractivity contribution in [2.45, 2.75) is 50.5 Å². The van der Waals surface area contributed by atoms with E-state index in [9.17, 15) is 23.1 Å². The van der Waals surface area contributed by atoms with Crippen LogP contribution in [0.4, 0.5) is 0 Å². The van der Waals surface area contributed by atoms with E-state index in [1.165, 1.54) is 18.2 Å². The molecule has 0 aliphatic carbocycles. The van der Waals surface area contributed by atoms with E-state index in [-0.39, 0.29) is 42.6 Å². The monoisotopic (exact) mass is 624 g/mol. The number of nitrogens with zero attached hydrogens (tertiary/aromatic N) is 2. The molecule has 0 radical (unpaired) electrons. The summed E-state index contributed by atoms with van der Waals surface area (Å²) in [7, 11) is -4.15. The van der Waals surface area contributed by atoms with E-state index >= 15 is 0 Å². The van der Waals surface area contributed by atoms with E-state index in [0.29, 0.717) is 57.0 Å². The summed E-state index contributed by atoms with van der Waals surface area (Å²) >= 11 is 0. The number of benzene rings is 2. The van der Waals surface area contributed by atoms with E-state index in [1.807, 2.05) is 36.1 Å². The molecule has 0 amide bonds. The molecule has 2 aromatic rings. The first kappa shape index (κ1) is 35.3. The van der Waals surface area contributed by atoms with Crippen molar-refractivity contribution in [1.82, 2.24) is 9.21 Å². The fourth-order valence-corrected chi connectivity index (χ4v) is 5.95. The highest BCUT2D eigenvalue weighted by molar-refractivity contribution is 7.89. The van der Waals surface area contributed by atoms with Gasteiger partial charge in [0.25, 0.3) is 0 Å². The van der Waals surface area contributed by atoms with Crippen LogP contribution in [0.3, 0.4) is 0 Å². The van der Waals surface area contributed by atoms with Gasteiger partial charge in [0.15, 0.2) is 0 Å². The van der Waals surface area contributed by atoms with Crippen LogP contribution in [-0.4, -0.2) is 86.3 Å². The standard InChI is InChI=1S/C29H40N4O7S.ClH/c1-2-4-26(31)23-9-7-22(8-10-23)5-3-6-29(36)40-27-12-11-25(19-24(27)20-30)41(37,38)33(21-28(34)35)14-13-32-15-17-39-18-16-32;/h7-12,19,31H,2-6,13-18,20-21,30H2,1H3,(H,34,35);1H. The van der Waals surface area contributed by atoms with Crippen molar-refractivity contribution >= 4 is 40.1 Å². The minimum atomic E-state index is -4.15. The molecule has 1 aliphatic heterocycles. The number of nitrogens with one attached hydrogen (secondary N) is 1. The molecular formula is C29H41ClN4O7S. The number of sulfonamides is 1. The van der Waals surface area contributed by atoms with Gasteiger partial charge < -0.3 is 25.7 Å². The lowest BCUT2D eigenvalue weighted by Crippen LogP contribution is -2.44. The first-order valence-corrected chi connectivity index (χ1v) is 15.3. The van der Waals surface area contributed by atoms with Crippen molar-refractivity contribution in [3.05, 3.63) is 59.2 Å². The number of esters is 1. The van der Waals surface area contributed by atoms with Gasteiger partial charge in [-0.25, -0.2) is 8.42 Å². The SMILES string of the molecule is CCCC(=N)c1ccc(CCCC(=O)Oc2ccc(S(=O)(=O)N(CCN3CCOCC3)CC(=O)O)cc2CN)cc1.Cl. The van der Waals surface area contributed by atoms with Gasteiger partial charge in [-0.2, -0.15) is 4.31 Å². The minimum absolute atomic E-state index is 0. The van der Waals surface area contributed by atoms with Crippen molar-refractivity contribution in [2.24, 2.45) is 5.73 Å². The maximum atomic E-state index is 13.4. The molecule has 1 saturated heterocycles. The zero-order valence-corrected chi connectivity index (χ0v) is 25.6. The second kappa shape index (κ2) is 17.3. The van der Waals surface area contributed by atoms with Gasteiger partial charge in [-0.05, 0) is 48.6 Å². The number of aliphatic carboxylic acids is 1. The highest BCUT2D eigenvalue weighted by atomic mass is 35.5. The van der Waals surface area contributed by atoms with Gasteiger partial charge in [0.1, 0.15) is 12.3 Å². The van der Waals surface area contributed by atoms with E-state index < -0.39 is 28.5 Å². The number of morpholine rings is 1. The second-order valence-electron chi connectivity index (χ2n) is 9.91. The molecule has 232 valence electrons. The summed E-state index contributed by atoms with van der Waals surface area (Å²) in [5.41, 5.74) is 8.75. The van der Waals surface area contributed by atoms with Crippen molar-refractivity contribution in [2.75, 3.05) is 45.9 Å². The molecule has 4 N–H and O–H groups in total. The number of ether oxygens (including phenoxy) is 2. The molecule has 3 rings (SSSR count). The van der Waals surface area contributed by atoms with Gasteiger partial charge in [0.05, 0.1) is 18.1 Å². The molecule has 1 aliphatic rings. The lowest BCUT2D eigenvalue weighted by atomic mass is 10.0. The van der Waals surface area contributed by atoms with Crippen LogP contribution in [0.15, 0.2) is 47.4 Å². The molecule has 13 heteroatoms. The van der Waals surface area contributed by atoms with Gasteiger partial charge in [0.2, 0.25) is 10.0 Å². The van der Waals surface area contributed by atoms with E-state index in [4.69, 9.17) is 20.6 Å². The molecule has 0 aromatic heterocycles. The molecule has 0 unspecified atom stereocenters. The Kier molecular flexibility index (Phi) is 14.5. The largest absolute Gasteiger partial charge is 0.480 e. The molecule has 0 saturated carbocycles. The number of halogens is 1. The van der Waals surface area contributed by atoms with Crippen molar-refractivity contribution in [1.29, 1.82) is 5.41 Å². The molecule has 2 aromatic carbocycles. The molecule has 11 nitrogen and oxygen atoms in total. The van der Waals surface area contributed by atoms with Crippen LogP contribution in [0.2, 0.25) is 0 Å². The van der Waals surface area contributed by atoms with Crippen LogP contribution in [0.25, 0.3) is 0 Å². The third-order valence-corrected chi connectivity index (χ3v) is 8.68. The van der Waals surface area contributed by atoms with Gasteiger partial charge in [-0.3, -0.25) is 14.5 Å². The molecule has 0 atom stereocenters. The molecule has 0 spiro atoms. The lowest BCUT2D eigenvalue weighted by Gasteiger charge is -2.29. The Morgan fingerprint density at radius 2 is 1.81 bits per heavy atom. The molecule has 1 fully saturated rings. The summed E-state index contributed by atoms with van der Waals surface area (Å²) in [5.74, 6) is -1.55. The van der Waals surface area contributed by atoms with Gasteiger partial charge in [0, 0.05) is 50.4 Å². The van der Waals surface area contributed by atoms with Crippen molar-refractivity contribution in [3.8, 4) is 5.75 Å². The normalized spacial score (nSPS) is 13.9. The summed E-state index contributed by atoms with van der Waals surface area (Å²) in [5, 5.41) is 17.4. The number of rotatable bonds is 16. The Labute approximate surface area is 253 Å².